The zero-order chi connectivity index (χ0) is 9.97. The van der Waals surface area contributed by atoms with Gasteiger partial charge in [-0.05, 0) is 37.2 Å². The lowest BCUT2D eigenvalue weighted by atomic mass is 10.1. The van der Waals surface area contributed by atoms with Crippen molar-refractivity contribution in [2.45, 2.75) is 13.0 Å². The molecule has 0 amide bonds. The van der Waals surface area contributed by atoms with Crippen LogP contribution in [0.1, 0.15) is 12.0 Å². The molecule has 1 aliphatic heterocycles. The molecule has 0 bridgehead atoms. The lowest BCUT2D eigenvalue weighted by Gasteiger charge is -2.34. The number of anilines is 1. The minimum atomic E-state index is 0.936. The third-order valence-corrected chi connectivity index (χ3v) is 3.10. The summed E-state index contributed by atoms with van der Waals surface area (Å²) in [5.74, 6) is 0. The van der Waals surface area contributed by atoms with Crippen molar-refractivity contribution < 1.29 is 0 Å². The van der Waals surface area contributed by atoms with Crippen LogP contribution in [0.25, 0.3) is 0 Å². The molecule has 0 spiro atoms. The van der Waals surface area contributed by atoms with Crippen molar-refractivity contribution in [1.29, 1.82) is 0 Å². The van der Waals surface area contributed by atoms with E-state index in [9.17, 15) is 0 Å². The van der Waals surface area contributed by atoms with E-state index in [0.717, 1.165) is 11.0 Å². The maximum absolute atomic E-state index is 3.51. The molecular weight excluding hydrogens is 240 g/mol. The molecule has 0 atom stereocenters. The van der Waals surface area contributed by atoms with Crippen molar-refractivity contribution in [3.8, 4) is 0 Å². The van der Waals surface area contributed by atoms with Gasteiger partial charge in [-0.15, -0.1) is 0 Å². The van der Waals surface area contributed by atoms with Crippen molar-refractivity contribution in [1.82, 2.24) is 5.32 Å². The van der Waals surface area contributed by atoms with E-state index in [1.165, 1.54) is 30.8 Å². The standard InChI is InChI=1S/C11H15BrN2/c1-13-8-9-7-10(12)3-4-11(9)14-5-2-6-14/h3-4,7,13H,2,5-6,8H2,1H3. The fraction of sp³-hybridized carbons (Fsp3) is 0.455. The van der Waals surface area contributed by atoms with Gasteiger partial charge in [0.25, 0.3) is 0 Å². The molecule has 0 aliphatic carbocycles. The fourth-order valence-electron chi connectivity index (χ4n) is 1.75. The smallest absolute Gasteiger partial charge is 0.0412 e. The fourth-order valence-corrected chi connectivity index (χ4v) is 2.16. The number of nitrogens with zero attached hydrogens (tertiary/aromatic N) is 1. The van der Waals surface area contributed by atoms with Crippen LogP contribution in [-0.2, 0) is 6.54 Å². The molecule has 1 fully saturated rings. The molecule has 2 rings (SSSR count). The third-order valence-electron chi connectivity index (χ3n) is 2.61. The van der Waals surface area contributed by atoms with Gasteiger partial charge in [-0.2, -0.15) is 0 Å². The summed E-state index contributed by atoms with van der Waals surface area (Å²) in [7, 11) is 1.99. The summed E-state index contributed by atoms with van der Waals surface area (Å²) in [5.41, 5.74) is 2.76. The second-order valence-electron chi connectivity index (χ2n) is 3.64. The van der Waals surface area contributed by atoms with Crippen molar-refractivity contribution in [2.75, 3.05) is 25.0 Å². The maximum atomic E-state index is 3.51. The van der Waals surface area contributed by atoms with E-state index in [1.807, 2.05) is 7.05 Å². The number of halogens is 1. The Morgan fingerprint density at radius 2 is 2.21 bits per heavy atom. The second kappa shape index (κ2) is 4.32. The number of benzene rings is 1. The summed E-state index contributed by atoms with van der Waals surface area (Å²) in [6.07, 6.45) is 1.33. The van der Waals surface area contributed by atoms with Gasteiger partial charge in [-0.1, -0.05) is 15.9 Å². The highest BCUT2D eigenvalue weighted by Gasteiger charge is 2.17. The minimum Gasteiger partial charge on any atom is -0.371 e. The molecule has 1 aromatic rings. The first kappa shape index (κ1) is 9.99. The largest absolute Gasteiger partial charge is 0.371 e. The Balaban J connectivity index is 2.26. The van der Waals surface area contributed by atoms with Gasteiger partial charge in [0.1, 0.15) is 0 Å². The first-order valence-corrected chi connectivity index (χ1v) is 5.78. The summed E-state index contributed by atoms with van der Waals surface area (Å²) >= 11 is 3.51. The Labute approximate surface area is 93.4 Å². The van der Waals surface area contributed by atoms with Crippen molar-refractivity contribution in [2.24, 2.45) is 0 Å². The van der Waals surface area contributed by atoms with Crippen LogP contribution in [0.15, 0.2) is 22.7 Å². The predicted molar refractivity (Wildman–Crippen MR) is 63.7 cm³/mol. The van der Waals surface area contributed by atoms with Crippen molar-refractivity contribution >= 4 is 21.6 Å². The third kappa shape index (κ3) is 1.93. The topological polar surface area (TPSA) is 15.3 Å². The molecule has 76 valence electrons. The number of nitrogens with one attached hydrogen (secondary N) is 1. The van der Waals surface area contributed by atoms with Gasteiger partial charge < -0.3 is 10.2 Å². The van der Waals surface area contributed by atoms with E-state index >= 15 is 0 Å². The van der Waals surface area contributed by atoms with Crippen LogP contribution < -0.4 is 10.2 Å². The highest BCUT2D eigenvalue weighted by atomic mass is 79.9. The van der Waals surface area contributed by atoms with Gasteiger partial charge in [0.05, 0.1) is 0 Å². The number of hydrogen-bond acceptors (Lipinski definition) is 2. The van der Waals surface area contributed by atoms with Crippen molar-refractivity contribution in [3.63, 3.8) is 0 Å². The van der Waals surface area contributed by atoms with Crippen LogP contribution in [0.5, 0.6) is 0 Å². The quantitative estimate of drug-likeness (QED) is 0.892. The molecule has 3 heteroatoms. The van der Waals surface area contributed by atoms with Crippen LogP contribution in [0, 0.1) is 0 Å². The molecule has 1 aromatic carbocycles. The molecule has 0 aromatic heterocycles. The van der Waals surface area contributed by atoms with Gasteiger partial charge in [0, 0.05) is 29.8 Å². The molecule has 1 heterocycles. The molecule has 0 saturated carbocycles. The monoisotopic (exact) mass is 254 g/mol. The average molecular weight is 255 g/mol. The highest BCUT2D eigenvalue weighted by molar-refractivity contribution is 9.10. The van der Waals surface area contributed by atoms with E-state index in [2.05, 4.69) is 44.3 Å². The van der Waals surface area contributed by atoms with Crippen LogP contribution in [0.3, 0.4) is 0 Å². The first-order valence-electron chi connectivity index (χ1n) is 4.99. The van der Waals surface area contributed by atoms with E-state index < -0.39 is 0 Å². The highest BCUT2D eigenvalue weighted by Crippen LogP contribution is 2.27. The predicted octanol–water partition coefficient (Wildman–Crippen LogP) is 2.38. The zero-order valence-electron chi connectivity index (χ0n) is 8.39. The van der Waals surface area contributed by atoms with Gasteiger partial charge >= 0.3 is 0 Å². The molecular formula is C11H15BrN2. The molecule has 2 nitrogen and oxygen atoms in total. The molecule has 0 radical (unpaired) electrons. The normalized spacial score (nSPS) is 15.4. The lowest BCUT2D eigenvalue weighted by Crippen LogP contribution is -2.37. The number of hydrogen-bond donors (Lipinski definition) is 1. The van der Waals surface area contributed by atoms with Crippen molar-refractivity contribution in [3.05, 3.63) is 28.2 Å². The van der Waals surface area contributed by atoms with Gasteiger partial charge in [0.2, 0.25) is 0 Å². The van der Waals surface area contributed by atoms with Gasteiger partial charge in [-0.25, -0.2) is 0 Å². The minimum absolute atomic E-state index is 0.936. The van der Waals surface area contributed by atoms with E-state index in [4.69, 9.17) is 0 Å². The molecule has 1 aliphatic rings. The summed E-state index contributed by atoms with van der Waals surface area (Å²) in [6.45, 7) is 3.35. The van der Waals surface area contributed by atoms with Crippen LogP contribution in [0.2, 0.25) is 0 Å². The summed E-state index contributed by atoms with van der Waals surface area (Å²) in [5, 5.41) is 3.21. The van der Waals surface area contributed by atoms with Gasteiger partial charge in [0.15, 0.2) is 0 Å². The molecule has 0 unspecified atom stereocenters. The average Bonchev–Trinajstić information content (AvgIpc) is 2.07. The first-order chi connectivity index (χ1) is 6.81. The Kier molecular flexibility index (Phi) is 3.08. The molecule has 1 saturated heterocycles. The Bertz CT molecular complexity index is 321. The van der Waals surface area contributed by atoms with Gasteiger partial charge in [-0.3, -0.25) is 0 Å². The Morgan fingerprint density at radius 3 is 2.79 bits per heavy atom. The summed E-state index contributed by atoms with van der Waals surface area (Å²) in [4.78, 5) is 2.43. The molecule has 1 N–H and O–H groups in total. The van der Waals surface area contributed by atoms with E-state index in [-0.39, 0.29) is 0 Å². The lowest BCUT2D eigenvalue weighted by molar-refractivity contribution is 0.613. The summed E-state index contributed by atoms with van der Waals surface area (Å²) < 4.78 is 1.16. The molecule has 14 heavy (non-hydrogen) atoms. The summed E-state index contributed by atoms with van der Waals surface area (Å²) in [6, 6.07) is 6.52. The van der Waals surface area contributed by atoms with Crippen LogP contribution in [0.4, 0.5) is 5.69 Å². The Morgan fingerprint density at radius 1 is 1.43 bits per heavy atom. The zero-order valence-corrected chi connectivity index (χ0v) is 9.97. The van der Waals surface area contributed by atoms with E-state index in [0.29, 0.717) is 0 Å². The second-order valence-corrected chi connectivity index (χ2v) is 4.56. The van der Waals surface area contributed by atoms with E-state index in [1.54, 1.807) is 0 Å². The Hall–Kier alpha value is -0.540. The number of rotatable bonds is 3. The SMILES string of the molecule is CNCc1cc(Br)ccc1N1CCC1. The van der Waals surface area contributed by atoms with Crippen LogP contribution >= 0.6 is 15.9 Å². The maximum Gasteiger partial charge on any atom is 0.0412 e. The van der Waals surface area contributed by atoms with Crippen LogP contribution in [-0.4, -0.2) is 20.1 Å².